The van der Waals surface area contributed by atoms with Gasteiger partial charge in [0.2, 0.25) is 11.2 Å². The lowest BCUT2D eigenvalue weighted by Crippen LogP contribution is -2.12. The number of phenolic OH excluding ortho intramolecular Hbond substituents is 3. The molecule has 4 N–H and O–H groups in total. The number of anilines is 1. The molecule has 0 atom stereocenters. The first-order chi connectivity index (χ1) is 18.2. The lowest BCUT2D eigenvalue weighted by molar-refractivity contribution is 0.102. The minimum Gasteiger partial charge on any atom is -0.504 e. The van der Waals surface area contributed by atoms with Gasteiger partial charge in [0, 0.05) is 16.8 Å². The molecule has 192 valence electrons. The van der Waals surface area contributed by atoms with Crippen LogP contribution in [0, 0.1) is 12.8 Å². The molecule has 1 amide bonds. The molecule has 7 nitrogen and oxygen atoms in total. The molecular formula is C31H27NO6. The minimum atomic E-state index is -0.754. The van der Waals surface area contributed by atoms with E-state index in [4.69, 9.17) is 4.42 Å². The molecule has 0 aliphatic heterocycles. The van der Waals surface area contributed by atoms with E-state index in [9.17, 15) is 24.9 Å². The lowest BCUT2D eigenvalue weighted by atomic mass is 9.95. The summed E-state index contributed by atoms with van der Waals surface area (Å²) in [4.78, 5) is 26.4. The lowest BCUT2D eigenvalue weighted by Gasteiger charge is -2.15. The second kappa shape index (κ2) is 9.59. The Hall–Kier alpha value is -4.78. The van der Waals surface area contributed by atoms with Gasteiger partial charge in [0.25, 0.3) is 5.91 Å². The number of carbonyl (C=O) groups is 1. The van der Waals surface area contributed by atoms with Crippen LogP contribution in [0.1, 0.15) is 35.5 Å². The molecule has 0 fully saturated rings. The second-order valence-corrected chi connectivity index (χ2v) is 9.78. The van der Waals surface area contributed by atoms with Gasteiger partial charge in [-0.1, -0.05) is 56.3 Å². The molecule has 38 heavy (non-hydrogen) atoms. The fourth-order valence-corrected chi connectivity index (χ4v) is 4.74. The van der Waals surface area contributed by atoms with Crippen molar-refractivity contribution in [3.8, 4) is 28.4 Å². The van der Waals surface area contributed by atoms with E-state index in [1.54, 1.807) is 31.2 Å². The van der Waals surface area contributed by atoms with E-state index < -0.39 is 22.7 Å². The number of benzene rings is 4. The predicted octanol–water partition coefficient (Wildman–Crippen LogP) is 6.49. The summed E-state index contributed by atoms with van der Waals surface area (Å²) in [6.45, 7) is 5.47. The number of rotatable bonds is 5. The molecule has 7 heteroatoms. The summed E-state index contributed by atoms with van der Waals surface area (Å²) in [5.41, 5.74) is 1.50. The quantitative estimate of drug-likeness (QED) is 0.201. The maximum absolute atomic E-state index is 13.5. The van der Waals surface area contributed by atoms with Crippen molar-refractivity contribution >= 4 is 33.3 Å². The summed E-state index contributed by atoms with van der Waals surface area (Å²) in [7, 11) is 0. The molecule has 1 aromatic heterocycles. The normalized spacial score (nSPS) is 11.4. The largest absolute Gasteiger partial charge is 0.504 e. The van der Waals surface area contributed by atoms with Gasteiger partial charge in [0.15, 0.2) is 11.5 Å². The number of hydrogen-bond acceptors (Lipinski definition) is 6. The summed E-state index contributed by atoms with van der Waals surface area (Å²) in [6.07, 6.45) is 0.332. The number of aryl methyl sites for hydroxylation is 1. The van der Waals surface area contributed by atoms with Crippen molar-refractivity contribution in [2.24, 2.45) is 5.92 Å². The third kappa shape index (κ3) is 4.32. The van der Waals surface area contributed by atoms with Crippen molar-refractivity contribution in [3.05, 3.63) is 93.8 Å². The summed E-state index contributed by atoms with van der Waals surface area (Å²) >= 11 is 0. The van der Waals surface area contributed by atoms with Crippen LogP contribution in [0.4, 0.5) is 5.69 Å². The Morgan fingerprint density at radius 1 is 0.895 bits per heavy atom. The highest BCUT2D eigenvalue weighted by Gasteiger charge is 2.26. The number of phenols is 3. The first-order valence-electron chi connectivity index (χ1n) is 12.3. The smallest absolute Gasteiger partial charge is 0.255 e. The molecule has 4 aromatic carbocycles. The fourth-order valence-electron chi connectivity index (χ4n) is 4.74. The van der Waals surface area contributed by atoms with Gasteiger partial charge in [-0.2, -0.15) is 0 Å². The summed E-state index contributed by atoms with van der Waals surface area (Å²) in [5.74, 6) is -1.91. The highest BCUT2D eigenvalue weighted by molar-refractivity contribution is 6.05. The first kappa shape index (κ1) is 24.9. The monoisotopic (exact) mass is 509 g/mol. The SMILES string of the molecule is Cc1oc2c(CC(C)C)c(O)c(O)c(O)c2c(=O)c1-c1ccc(C(=O)Nc2ccc3ccccc3c2)cc1. The number of aromatic hydroxyl groups is 3. The highest BCUT2D eigenvalue weighted by Crippen LogP contribution is 2.45. The van der Waals surface area contributed by atoms with Crippen LogP contribution in [-0.4, -0.2) is 21.2 Å². The van der Waals surface area contributed by atoms with Crippen LogP contribution in [0.25, 0.3) is 32.9 Å². The Balaban J connectivity index is 1.51. The Bertz CT molecular complexity index is 1770. The Kier molecular flexibility index (Phi) is 6.28. The Morgan fingerprint density at radius 2 is 1.58 bits per heavy atom. The molecule has 0 spiro atoms. The number of hydrogen-bond donors (Lipinski definition) is 4. The first-order valence-corrected chi connectivity index (χ1v) is 12.3. The molecule has 5 aromatic rings. The van der Waals surface area contributed by atoms with E-state index in [2.05, 4.69) is 5.32 Å². The van der Waals surface area contributed by atoms with Crippen LogP contribution >= 0.6 is 0 Å². The minimum absolute atomic E-state index is 0.0455. The molecule has 0 saturated carbocycles. The van der Waals surface area contributed by atoms with Gasteiger partial charge in [-0.3, -0.25) is 9.59 Å². The molecule has 0 aliphatic carbocycles. The van der Waals surface area contributed by atoms with Gasteiger partial charge < -0.3 is 25.1 Å². The molecule has 5 rings (SSSR count). The number of carbonyl (C=O) groups excluding carboxylic acids is 1. The zero-order chi connectivity index (χ0) is 27.1. The third-order valence-corrected chi connectivity index (χ3v) is 6.59. The zero-order valence-corrected chi connectivity index (χ0v) is 21.2. The van der Waals surface area contributed by atoms with Crippen molar-refractivity contribution in [1.82, 2.24) is 0 Å². The van der Waals surface area contributed by atoms with Gasteiger partial charge in [-0.25, -0.2) is 0 Å². The summed E-state index contributed by atoms with van der Waals surface area (Å²) in [6, 6.07) is 20.0. The van der Waals surface area contributed by atoms with Crippen LogP contribution < -0.4 is 10.7 Å². The Morgan fingerprint density at radius 3 is 2.26 bits per heavy atom. The van der Waals surface area contributed by atoms with Gasteiger partial charge in [0.05, 0.1) is 5.56 Å². The second-order valence-electron chi connectivity index (χ2n) is 9.78. The molecular weight excluding hydrogens is 482 g/mol. The van der Waals surface area contributed by atoms with Gasteiger partial charge in [-0.05, 0) is 59.9 Å². The predicted molar refractivity (Wildman–Crippen MR) is 148 cm³/mol. The standard InChI is InChI=1S/C31H27NO6/c1-16(2)14-23-26(33)29(36)28(35)25-27(34)24(17(3)38-30(23)25)19-8-10-20(11-9-19)31(37)32-22-13-12-18-6-4-5-7-21(18)15-22/h4-13,15-16,33,35-36H,14H2,1-3H3,(H,32,37). The van der Waals surface area contributed by atoms with Crippen LogP contribution in [0.5, 0.6) is 17.2 Å². The topological polar surface area (TPSA) is 120 Å². The van der Waals surface area contributed by atoms with E-state index >= 15 is 0 Å². The van der Waals surface area contributed by atoms with Crippen molar-refractivity contribution in [1.29, 1.82) is 0 Å². The zero-order valence-electron chi connectivity index (χ0n) is 21.2. The van der Waals surface area contributed by atoms with E-state index in [0.717, 1.165) is 10.8 Å². The number of fused-ring (bicyclic) bond motifs is 2. The molecule has 0 unspecified atom stereocenters. The van der Waals surface area contributed by atoms with Gasteiger partial charge in [0.1, 0.15) is 16.7 Å². The third-order valence-electron chi connectivity index (χ3n) is 6.59. The average Bonchev–Trinajstić information content (AvgIpc) is 2.89. The van der Waals surface area contributed by atoms with Gasteiger partial charge in [-0.15, -0.1) is 0 Å². The van der Waals surface area contributed by atoms with E-state index in [1.807, 2.05) is 56.3 Å². The molecule has 0 bridgehead atoms. The highest BCUT2D eigenvalue weighted by atomic mass is 16.3. The maximum Gasteiger partial charge on any atom is 0.255 e. The van der Waals surface area contributed by atoms with Crippen molar-refractivity contribution in [2.75, 3.05) is 5.32 Å². The molecule has 0 radical (unpaired) electrons. The van der Waals surface area contributed by atoms with Gasteiger partial charge >= 0.3 is 0 Å². The van der Waals surface area contributed by atoms with E-state index in [-0.39, 0.29) is 39.7 Å². The summed E-state index contributed by atoms with van der Waals surface area (Å²) in [5, 5.41) is 36.1. The van der Waals surface area contributed by atoms with E-state index in [0.29, 0.717) is 23.2 Å². The van der Waals surface area contributed by atoms with Crippen LogP contribution in [0.3, 0.4) is 0 Å². The van der Waals surface area contributed by atoms with Crippen LogP contribution in [-0.2, 0) is 6.42 Å². The molecule has 0 saturated heterocycles. The molecule has 0 aliphatic rings. The van der Waals surface area contributed by atoms with Crippen molar-refractivity contribution < 1.29 is 24.5 Å². The summed E-state index contributed by atoms with van der Waals surface area (Å²) < 4.78 is 5.96. The number of nitrogens with one attached hydrogen (secondary N) is 1. The van der Waals surface area contributed by atoms with E-state index in [1.165, 1.54) is 0 Å². The Labute approximate surface area is 218 Å². The number of amides is 1. The van der Waals surface area contributed by atoms with Crippen molar-refractivity contribution in [3.63, 3.8) is 0 Å². The van der Waals surface area contributed by atoms with Crippen molar-refractivity contribution in [2.45, 2.75) is 27.2 Å². The molecule has 1 heterocycles. The average molecular weight is 510 g/mol. The van der Waals surface area contributed by atoms with Crippen LogP contribution in [0.15, 0.2) is 75.9 Å². The fraction of sp³-hybridized carbons (Fsp3) is 0.161. The maximum atomic E-state index is 13.5. The van der Waals surface area contributed by atoms with Crippen LogP contribution in [0.2, 0.25) is 0 Å².